The molecule has 1 atom stereocenters. The first kappa shape index (κ1) is 20.8. The summed E-state index contributed by atoms with van der Waals surface area (Å²) >= 11 is 5.96. The van der Waals surface area contributed by atoms with Crippen LogP contribution in [-0.2, 0) is 14.6 Å². The van der Waals surface area contributed by atoms with E-state index >= 15 is 0 Å². The second-order valence-corrected chi connectivity index (χ2v) is 8.03. The molecule has 0 aliphatic rings. The van der Waals surface area contributed by atoms with Gasteiger partial charge in [0.25, 0.3) is 5.91 Å². The fourth-order valence-corrected chi connectivity index (χ4v) is 3.10. The summed E-state index contributed by atoms with van der Waals surface area (Å²) in [6.45, 7) is 0. The van der Waals surface area contributed by atoms with Crippen LogP contribution in [0, 0.1) is 11.6 Å². The number of amides is 2. The summed E-state index contributed by atoms with van der Waals surface area (Å²) in [5, 5.41) is 4.61. The zero-order valence-electron chi connectivity index (χ0n) is 14.2. The summed E-state index contributed by atoms with van der Waals surface area (Å²) < 4.78 is 50.0. The fourth-order valence-electron chi connectivity index (χ4n) is 2.25. The molecule has 6 nitrogen and oxygen atoms in total. The minimum Gasteiger partial charge on any atom is -0.357 e. The Hall–Kier alpha value is -2.52. The van der Waals surface area contributed by atoms with E-state index < -0.39 is 39.3 Å². The average molecular weight is 417 g/mol. The van der Waals surface area contributed by atoms with E-state index in [1.807, 2.05) is 0 Å². The van der Waals surface area contributed by atoms with Crippen molar-refractivity contribution in [1.82, 2.24) is 10.6 Å². The summed E-state index contributed by atoms with van der Waals surface area (Å²) in [4.78, 5) is 24.5. The normalized spacial score (nSPS) is 12.3. The summed E-state index contributed by atoms with van der Waals surface area (Å²) in [5.41, 5.74) is -0.187. The molecule has 2 amide bonds. The highest BCUT2D eigenvalue weighted by molar-refractivity contribution is 7.90. The van der Waals surface area contributed by atoms with Gasteiger partial charge >= 0.3 is 0 Å². The molecule has 0 saturated heterocycles. The van der Waals surface area contributed by atoms with Crippen LogP contribution >= 0.6 is 11.6 Å². The van der Waals surface area contributed by atoms with Gasteiger partial charge in [-0.2, -0.15) is 0 Å². The number of likely N-dealkylation sites (N-methyl/N-ethyl adjacent to an activating group) is 1. The van der Waals surface area contributed by atoms with Crippen LogP contribution in [0.3, 0.4) is 0 Å². The van der Waals surface area contributed by atoms with Gasteiger partial charge in [-0.15, -0.1) is 0 Å². The number of benzene rings is 2. The predicted molar refractivity (Wildman–Crippen MR) is 95.2 cm³/mol. The highest BCUT2D eigenvalue weighted by Gasteiger charge is 2.25. The maximum Gasteiger partial charge on any atom is 0.253 e. The van der Waals surface area contributed by atoms with Crippen LogP contribution in [0.1, 0.15) is 22.0 Å². The van der Waals surface area contributed by atoms with Crippen molar-refractivity contribution in [2.45, 2.75) is 10.9 Å². The highest BCUT2D eigenvalue weighted by atomic mass is 35.5. The minimum absolute atomic E-state index is 0.00279. The van der Waals surface area contributed by atoms with Gasteiger partial charge in [-0.3, -0.25) is 9.59 Å². The molecule has 27 heavy (non-hydrogen) atoms. The van der Waals surface area contributed by atoms with Crippen molar-refractivity contribution in [3.63, 3.8) is 0 Å². The van der Waals surface area contributed by atoms with Crippen molar-refractivity contribution in [3.05, 3.63) is 64.2 Å². The Morgan fingerprint density at radius 1 is 1.07 bits per heavy atom. The van der Waals surface area contributed by atoms with E-state index in [2.05, 4.69) is 10.6 Å². The van der Waals surface area contributed by atoms with Crippen LogP contribution in [0.5, 0.6) is 0 Å². The summed E-state index contributed by atoms with van der Waals surface area (Å²) in [6.07, 6.45) is 0.965. The Balaban J connectivity index is 2.42. The summed E-state index contributed by atoms with van der Waals surface area (Å²) in [6, 6.07) is 4.94. The van der Waals surface area contributed by atoms with Gasteiger partial charge in [0, 0.05) is 13.3 Å². The van der Waals surface area contributed by atoms with E-state index in [9.17, 15) is 26.8 Å². The first-order valence-corrected chi connectivity index (χ1v) is 9.78. The van der Waals surface area contributed by atoms with E-state index in [0.717, 1.165) is 30.5 Å². The zero-order valence-corrected chi connectivity index (χ0v) is 15.8. The first-order valence-electron chi connectivity index (χ1n) is 7.51. The number of nitrogens with one attached hydrogen (secondary N) is 2. The average Bonchev–Trinajstić information content (AvgIpc) is 2.60. The van der Waals surface area contributed by atoms with Crippen LogP contribution in [0.15, 0.2) is 41.3 Å². The molecule has 2 N–H and O–H groups in total. The zero-order chi connectivity index (χ0) is 20.4. The second kappa shape index (κ2) is 8.01. The van der Waals surface area contributed by atoms with Gasteiger partial charge in [-0.1, -0.05) is 17.7 Å². The quantitative estimate of drug-likeness (QED) is 0.781. The number of carbonyl (C=O) groups is 2. The lowest BCUT2D eigenvalue weighted by Crippen LogP contribution is -2.39. The van der Waals surface area contributed by atoms with Crippen molar-refractivity contribution >= 4 is 33.3 Å². The van der Waals surface area contributed by atoms with E-state index in [0.29, 0.717) is 0 Å². The highest BCUT2D eigenvalue weighted by Crippen LogP contribution is 2.23. The molecule has 2 rings (SSSR count). The maximum absolute atomic E-state index is 13.5. The molecule has 1 unspecified atom stereocenters. The Labute approximate surface area is 159 Å². The Kier molecular flexibility index (Phi) is 6.17. The molecule has 0 heterocycles. The minimum atomic E-state index is -3.60. The smallest absolute Gasteiger partial charge is 0.253 e. The number of rotatable bonds is 5. The van der Waals surface area contributed by atoms with Crippen molar-refractivity contribution in [3.8, 4) is 0 Å². The van der Waals surface area contributed by atoms with Gasteiger partial charge in [0.05, 0.1) is 15.5 Å². The fraction of sp³-hybridized carbons (Fsp3) is 0.176. The van der Waals surface area contributed by atoms with Crippen LogP contribution < -0.4 is 10.6 Å². The van der Waals surface area contributed by atoms with Crippen LogP contribution in [0.2, 0.25) is 5.02 Å². The van der Waals surface area contributed by atoms with Gasteiger partial charge in [-0.05, 0) is 35.9 Å². The van der Waals surface area contributed by atoms with E-state index in [-0.39, 0.29) is 21.0 Å². The van der Waals surface area contributed by atoms with Crippen molar-refractivity contribution in [2.75, 3.05) is 13.3 Å². The molecule has 0 bridgehead atoms. The summed E-state index contributed by atoms with van der Waals surface area (Å²) in [7, 11) is -2.29. The Morgan fingerprint density at radius 3 is 2.30 bits per heavy atom. The first-order chi connectivity index (χ1) is 12.5. The lowest BCUT2D eigenvalue weighted by Gasteiger charge is -2.18. The van der Waals surface area contributed by atoms with Gasteiger partial charge in [0.1, 0.15) is 6.04 Å². The van der Waals surface area contributed by atoms with Crippen molar-refractivity contribution < 1.29 is 26.8 Å². The molecule has 10 heteroatoms. The Bertz CT molecular complexity index is 1010. The Morgan fingerprint density at radius 2 is 1.74 bits per heavy atom. The van der Waals surface area contributed by atoms with Gasteiger partial charge in [0.15, 0.2) is 21.5 Å². The molecule has 2 aromatic rings. The largest absolute Gasteiger partial charge is 0.357 e. The topological polar surface area (TPSA) is 92.3 Å². The monoisotopic (exact) mass is 416 g/mol. The molecule has 0 fully saturated rings. The van der Waals surface area contributed by atoms with E-state index in [1.54, 1.807) is 0 Å². The molecule has 0 saturated carbocycles. The third-order valence-corrected chi connectivity index (χ3v) is 5.11. The molecule has 0 aliphatic heterocycles. The summed E-state index contributed by atoms with van der Waals surface area (Å²) in [5.74, 6) is -3.84. The number of carbonyl (C=O) groups excluding carboxylic acids is 2. The molecule has 0 aromatic heterocycles. The lowest BCUT2D eigenvalue weighted by atomic mass is 10.0. The standard InChI is InChI=1S/C17H15ClF2N2O4S/c1-21-17(24)15(9-3-6-13(19)14(20)7-9)22-16(23)11-8-10(27(2,25)26)4-5-12(11)18/h3-8,15H,1-2H3,(H,21,24)(H,22,23). The molecular formula is C17H15ClF2N2O4S. The number of halogens is 3. The predicted octanol–water partition coefficient (Wildman–Crippen LogP) is 2.24. The molecule has 0 radical (unpaired) electrons. The third kappa shape index (κ3) is 4.81. The van der Waals surface area contributed by atoms with Crippen LogP contribution in [-0.4, -0.2) is 33.5 Å². The van der Waals surface area contributed by atoms with E-state index in [1.165, 1.54) is 19.2 Å². The lowest BCUT2D eigenvalue weighted by molar-refractivity contribution is -0.122. The molecule has 0 aliphatic carbocycles. The molecule has 144 valence electrons. The number of hydrogen-bond donors (Lipinski definition) is 2. The number of sulfone groups is 1. The maximum atomic E-state index is 13.5. The van der Waals surface area contributed by atoms with Crippen molar-refractivity contribution in [2.24, 2.45) is 0 Å². The van der Waals surface area contributed by atoms with Gasteiger partial charge in [-0.25, -0.2) is 17.2 Å². The van der Waals surface area contributed by atoms with Gasteiger partial charge < -0.3 is 10.6 Å². The van der Waals surface area contributed by atoms with Crippen LogP contribution in [0.4, 0.5) is 8.78 Å². The van der Waals surface area contributed by atoms with Crippen LogP contribution in [0.25, 0.3) is 0 Å². The molecular weight excluding hydrogens is 402 g/mol. The number of hydrogen-bond acceptors (Lipinski definition) is 4. The van der Waals surface area contributed by atoms with E-state index in [4.69, 9.17) is 11.6 Å². The third-order valence-electron chi connectivity index (χ3n) is 3.67. The SMILES string of the molecule is CNC(=O)C(NC(=O)c1cc(S(C)(=O)=O)ccc1Cl)c1ccc(F)c(F)c1. The van der Waals surface area contributed by atoms with Gasteiger partial charge in [0.2, 0.25) is 5.91 Å². The second-order valence-electron chi connectivity index (χ2n) is 5.61. The molecule has 0 spiro atoms. The molecule has 2 aromatic carbocycles. The van der Waals surface area contributed by atoms with Crippen molar-refractivity contribution in [1.29, 1.82) is 0 Å².